The third-order valence-electron chi connectivity index (χ3n) is 3.42. The zero-order chi connectivity index (χ0) is 18.3. The number of hydrogen-bond acceptors (Lipinski definition) is 10. The molecule has 0 bridgehead atoms. The lowest BCUT2D eigenvalue weighted by Gasteiger charge is -2.08. The number of tetrazole rings is 2. The van der Waals surface area contributed by atoms with Crippen molar-refractivity contribution in [3.63, 3.8) is 0 Å². The predicted octanol–water partition coefficient (Wildman–Crippen LogP) is 1.43. The van der Waals surface area contributed by atoms with Crippen LogP contribution in [0.2, 0.25) is 0 Å². The quantitative estimate of drug-likeness (QED) is 0.507. The molecule has 0 aliphatic heterocycles. The van der Waals surface area contributed by atoms with E-state index in [4.69, 9.17) is 0 Å². The van der Waals surface area contributed by atoms with E-state index >= 15 is 0 Å². The largest absolute Gasteiger partial charge is 0.236 e. The van der Waals surface area contributed by atoms with E-state index in [1.807, 2.05) is 0 Å². The summed E-state index contributed by atoms with van der Waals surface area (Å²) in [6.07, 6.45) is 0. The third-order valence-corrected chi connectivity index (χ3v) is 5.56. The van der Waals surface area contributed by atoms with E-state index in [9.17, 15) is 4.39 Å². The first-order chi connectivity index (χ1) is 12.5. The number of aryl methyl sites for hydroxylation is 3. The Hall–Kier alpha value is -2.67. The molecule has 3 aromatic heterocycles. The normalized spacial score (nSPS) is 11.4. The molecule has 1 aromatic carbocycles. The molecule has 132 valence electrons. The van der Waals surface area contributed by atoms with Crippen molar-refractivity contribution in [1.29, 1.82) is 0 Å². The van der Waals surface area contributed by atoms with Crippen LogP contribution in [0, 0.1) is 12.7 Å². The molecule has 0 unspecified atom stereocenters. The zero-order valence-electron chi connectivity index (χ0n) is 13.8. The van der Waals surface area contributed by atoms with Crippen LogP contribution in [0.5, 0.6) is 0 Å². The molecule has 0 N–H and O–H groups in total. The molecular formula is C13H11FN10S2. The van der Waals surface area contributed by atoms with Gasteiger partial charge in [-0.05, 0) is 62.9 Å². The lowest BCUT2D eigenvalue weighted by Crippen LogP contribution is -1.99. The van der Waals surface area contributed by atoms with Crippen LogP contribution in [-0.4, -0.2) is 50.4 Å². The third kappa shape index (κ3) is 3.10. The van der Waals surface area contributed by atoms with E-state index in [-0.39, 0.29) is 5.82 Å². The summed E-state index contributed by atoms with van der Waals surface area (Å²) in [4.78, 5) is 9.19. The van der Waals surface area contributed by atoms with Gasteiger partial charge in [-0.3, -0.25) is 0 Å². The van der Waals surface area contributed by atoms with Crippen LogP contribution in [0.1, 0.15) is 5.56 Å². The van der Waals surface area contributed by atoms with Crippen molar-refractivity contribution in [3.05, 3.63) is 23.5 Å². The number of benzene rings is 1. The lowest BCUT2D eigenvalue weighted by molar-refractivity contribution is 0.619. The van der Waals surface area contributed by atoms with Gasteiger partial charge >= 0.3 is 0 Å². The van der Waals surface area contributed by atoms with Crippen molar-refractivity contribution >= 4 is 34.6 Å². The molecule has 0 saturated heterocycles. The molecule has 0 spiro atoms. The topological polar surface area (TPSA) is 113 Å². The van der Waals surface area contributed by atoms with Crippen LogP contribution < -0.4 is 0 Å². The van der Waals surface area contributed by atoms with Gasteiger partial charge in [0, 0.05) is 20.2 Å². The molecule has 3 heterocycles. The minimum absolute atomic E-state index is 0.332. The number of rotatable bonds is 4. The van der Waals surface area contributed by atoms with Crippen molar-refractivity contribution < 1.29 is 4.39 Å². The summed E-state index contributed by atoms with van der Waals surface area (Å²) < 4.78 is 17.0. The van der Waals surface area contributed by atoms with Crippen molar-refractivity contribution in [2.24, 2.45) is 14.1 Å². The lowest BCUT2D eigenvalue weighted by atomic mass is 10.2. The van der Waals surface area contributed by atoms with Gasteiger partial charge in [0.1, 0.15) is 15.9 Å². The molecule has 4 aromatic rings. The molecule has 0 fully saturated rings. The van der Waals surface area contributed by atoms with Gasteiger partial charge in [-0.1, -0.05) is 0 Å². The second-order valence-corrected chi connectivity index (χ2v) is 7.21. The second-order valence-electron chi connectivity index (χ2n) is 5.30. The minimum atomic E-state index is -0.332. The van der Waals surface area contributed by atoms with E-state index in [0.717, 1.165) is 0 Å². The van der Waals surface area contributed by atoms with E-state index in [1.54, 1.807) is 27.1 Å². The van der Waals surface area contributed by atoms with E-state index < -0.39 is 0 Å². The Morgan fingerprint density at radius 3 is 1.81 bits per heavy atom. The van der Waals surface area contributed by atoms with Gasteiger partial charge in [0.25, 0.3) is 0 Å². The van der Waals surface area contributed by atoms with Crippen molar-refractivity contribution in [2.45, 2.75) is 27.3 Å². The zero-order valence-corrected chi connectivity index (χ0v) is 15.5. The van der Waals surface area contributed by atoms with Crippen molar-refractivity contribution in [1.82, 2.24) is 50.4 Å². The summed E-state index contributed by atoms with van der Waals surface area (Å²) in [5.74, 6) is -0.332. The van der Waals surface area contributed by atoms with Crippen molar-refractivity contribution in [3.8, 4) is 0 Å². The minimum Gasteiger partial charge on any atom is -0.236 e. The van der Waals surface area contributed by atoms with Gasteiger partial charge in [-0.25, -0.2) is 23.7 Å². The standard InChI is InChI=1S/C13H11FN10S2/c1-6-4-8-9(5-7(6)14)16-11(26-13-18-20-22-24(13)3)10(15-8)25-12-17-19-21-23(12)2/h4-5H,1-3H3. The van der Waals surface area contributed by atoms with Crippen LogP contribution in [0.3, 0.4) is 0 Å². The molecular weight excluding hydrogens is 379 g/mol. The van der Waals surface area contributed by atoms with Crippen LogP contribution in [0.4, 0.5) is 4.39 Å². The first-order valence-electron chi connectivity index (χ1n) is 7.29. The van der Waals surface area contributed by atoms with Crippen molar-refractivity contribution in [2.75, 3.05) is 0 Å². The van der Waals surface area contributed by atoms with Gasteiger partial charge in [0.2, 0.25) is 10.3 Å². The Bertz CT molecular complexity index is 1020. The molecule has 4 rings (SSSR count). The highest BCUT2D eigenvalue weighted by Gasteiger charge is 2.18. The van der Waals surface area contributed by atoms with Gasteiger partial charge in [0.15, 0.2) is 0 Å². The number of hydrogen-bond donors (Lipinski definition) is 0. The maximum absolute atomic E-state index is 13.9. The molecule has 0 aliphatic carbocycles. The fourth-order valence-corrected chi connectivity index (χ4v) is 3.71. The maximum atomic E-state index is 13.9. The molecule has 26 heavy (non-hydrogen) atoms. The molecule has 0 atom stereocenters. The van der Waals surface area contributed by atoms with Crippen LogP contribution in [-0.2, 0) is 14.1 Å². The average molecular weight is 390 g/mol. The molecule has 10 nitrogen and oxygen atoms in total. The van der Waals surface area contributed by atoms with Crippen LogP contribution in [0.15, 0.2) is 32.5 Å². The smallest absolute Gasteiger partial charge is 0.215 e. The highest BCUT2D eigenvalue weighted by atomic mass is 32.2. The fraction of sp³-hybridized carbons (Fsp3) is 0.231. The first-order valence-corrected chi connectivity index (χ1v) is 8.93. The molecule has 13 heteroatoms. The second kappa shape index (κ2) is 6.57. The van der Waals surface area contributed by atoms with Gasteiger partial charge in [-0.15, -0.1) is 10.2 Å². The molecule has 0 saturated carbocycles. The van der Waals surface area contributed by atoms with E-state index in [0.29, 0.717) is 37.0 Å². The van der Waals surface area contributed by atoms with Crippen LogP contribution >= 0.6 is 23.5 Å². The molecule has 0 amide bonds. The Balaban J connectivity index is 1.85. The Labute approximate surface area is 154 Å². The summed E-state index contributed by atoms with van der Waals surface area (Å²) in [6, 6.07) is 3.03. The van der Waals surface area contributed by atoms with Crippen LogP contribution in [0.25, 0.3) is 11.0 Å². The first kappa shape index (κ1) is 16.8. The Morgan fingerprint density at radius 1 is 0.846 bits per heavy atom. The maximum Gasteiger partial charge on any atom is 0.215 e. The molecule has 0 aliphatic rings. The summed E-state index contributed by atoms with van der Waals surface area (Å²) >= 11 is 2.49. The summed E-state index contributed by atoms with van der Waals surface area (Å²) in [5, 5.41) is 25.0. The average Bonchev–Trinajstić information content (AvgIpc) is 3.19. The monoisotopic (exact) mass is 390 g/mol. The van der Waals surface area contributed by atoms with Gasteiger partial charge in [-0.2, -0.15) is 0 Å². The highest BCUT2D eigenvalue weighted by Crippen LogP contribution is 2.35. The highest BCUT2D eigenvalue weighted by molar-refractivity contribution is 8.02. The number of fused-ring (bicyclic) bond motifs is 1. The summed E-state index contributed by atoms with van der Waals surface area (Å²) in [6.45, 7) is 1.68. The number of nitrogens with zero attached hydrogens (tertiary/aromatic N) is 10. The number of halogens is 1. The summed E-state index contributed by atoms with van der Waals surface area (Å²) in [5.41, 5.74) is 1.54. The molecule has 0 radical (unpaired) electrons. The SMILES string of the molecule is Cc1cc2nc(Sc3nnnn3C)c(Sc3nnnn3C)nc2cc1F. The van der Waals surface area contributed by atoms with Gasteiger partial charge in [0.05, 0.1) is 11.0 Å². The summed E-state index contributed by atoms with van der Waals surface area (Å²) in [7, 11) is 3.45. The van der Waals surface area contributed by atoms with E-state index in [1.165, 1.54) is 39.0 Å². The Kier molecular flexibility index (Phi) is 4.24. The predicted molar refractivity (Wildman–Crippen MR) is 90.1 cm³/mol. The fourth-order valence-electron chi connectivity index (χ4n) is 2.07. The van der Waals surface area contributed by atoms with E-state index in [2.05, 4.69) is 41.0 Å². The number of aromatic nitrogens is 10. The van der Waals surface area contributed by atoms with Gasteiger partial charge < -0.3 is 0 Å². The Morgan fingerprint density at radius 2 is 1.35 bits per heavy atom.